The van der Waals surface area contributed by atoms with E-state index in [-0.39, 0.29) is 18.9 Å². The van der Waals surface area contributed by atoms with Crippen LogP contribution in [0.4, 0.5) is 5.82 Å². The number of nitrogens with zero attached hydrogens (tertiary/aromatic N) is 2. The Bertz CT molecular complexity index is 764. The molecular formula is C16H17N3O4. The van der Waals surface area contributed by atoms with Crippen LogP contribution in [0.15, 0.2) is 24.3 Å². The van der Waals surface area contributed by atoms with Crippen LogP contribution in [-0.4, -0.2) is 33.9 Å². The van der Waals surface area contributed by atoms with Gasteiger partial charge in [0.2, 0.25) is 5.91 Å². The van der Waals surface area contributed by atoms with Gasteiger partial charge in [0.15, 0.2) is 0 Å². The molecule has 1 aromatic carbocycles. The fraction of sp³-hybridized carbons (Fsp3) is 0.312. The monoisotopic (exact) mass is 315 g/mol. The third-order valence-electron chi connectivity index (χ3n) is 3.93. The van der Waals surface area contributed by atoms with Crippen LogP contribution in [0.3, 0.4) is 0 Å². The SMILES string of the molecule is COc1ccc(-c2c(C)nn3c2NC(=O)[C@@H](CC(=O)O)C3)cc1. The number of anilines is 1. The lowest BCUT2D eigenvalue weighted by molar-refractivity contribution is -0.140. The van der Waals surface area contributed by atoms with Gasteiger partial charge in [-0.2, -0.15) is 5.10 Å². The van der Waals surface area contributed by atoms with Gasteiger partial charge in [0.1, 0.15) is 11.6 Å². The number of fused-ring (bicyclic) bond motifs is 1. The van der Waals surface area contributed by atoms with Gasteiger partial charge in [0.05, 0.1) is 31.7 Å². The highest BCUT2D eigenvalue weighted by atomic mass is 16.5. The average molecular weight is 315 g/mol. The van der Waals surface area contributed by atoms with E-state index in [1.165, 1.54) is 0 Å². The quantitative estimate of drug-likeness (QED) is 0.899. The molecule has 1 aromatic heterocycles. The number of benzene rings is 1. The number of carbonyl (C=O) groups excluding carboxylic acids is 1. The lowest BCUT2D eigenvalue weighted by Crippen LogP contribution is -2.35. The molecule has 0 aliphatic carbocycles. The number of methoxy groups -OCH3 is 1. The molecule has 7 heteroatoms. The second kappa shape index (κ2) is 5.75. The molecule has 2 heterocycles. The molecule has 0 saturated heterocycles. The Morgan fingerprint density at radius 3 is 2.74 bits per heavy atom. The summed E-state index contributed by atoms with van der Waals surface area (Å²) in [6.45, 7) is 2.13. The van der Waals surface area contributed by atoms with Crippen molar-refractivity contribution >= 4 is 17.7 Å². The second-order valence-corrected chi connectivity index (χ2v) is 5.50. The fourth-order valence-electron chi connectivity index (χ4n) is 2.82. The van der Waals surface area contributed by atoms with Crippen molar-refractivity contribution in [3.05, 3.63) is 30.0 Å². The molecule has 1 aliphatic heterocycles. The van der Waals surface area contributed by atoms with Gasteiger partial charge in [-0.05, 0) is 24.6 Å². The molecular weight excluding hydrogens is 298 g/mol. The molecule has 0 unspecified atom stereocenters. The first-order valence-corrected chi connectivity index (χ1v) is 7.24. The van der Waals surface area contributed by atoms with E-state index >= 15 is 0 Å². The van der Waals surface area contributed by atoms with Crippen molar-refractivity contribution in [1.82, 2.24) is 9.78 Å². The fourth-order valence-corrected chi connectivity index (χ4v) is 2.82. The maximum atomic E-state index is 12.2. The minimum atomic E-state index is -0.993. The van der Waals surface area contributed by atoms with Crippen LogP contribution in [-0.2, 0) is 16.1 Å². The molecule has 1 aliphatic rings. The second-order valence-electron chi connectivity index (χ2n) is 5.50. The van der Waals surface area contributed by atoms with E-state index in [2.05, 4.69) is 10.4 Å². The maximum Gasteiger partial charge on any atom is 0.304 e. The molecule has 23 heavy (non-hydrogen) atoms. The number of ether oxygens (including phenoxy) is 1. The van der Waals surface area contributed by atoms with E-state index in [0.717, 1.165) is 22.6 Å². The molecule has 0 fully saturated rings. The number of carboxylic acids is 1. The standard InChI is InChI=1S/C16H17N3O4/c1-9-14(10-3-5-12(23-2)6-4-10)15-17-16(22)11(7-13(20)21)8-19(15)18-9/h3-6,11H,7-8H2,1-2H3,(H,17,22)(H,20,21)/t11-/m0/s1. The van der Waals surface area contributed by atoms with Crippen LogP contribution in [0.1, 0.15) is 12.1 Å². The molecule has 7 nitrogen and oxygen atoms in total. The summed E-state index contributed by atoms with van der Waals surface area (Å²) in [5, 5.41) is 16.1. The average Bonchev–Trinajstić information content (AvgIpc) is 2.82. The summed E-state index contributed by atoms with van der Waals surface area (Å²) in [4.78, 5) is 23.0. The molecule has 3 rings (SSSR count). The zero-order valence-electron chi connectivity index (χ0n) is 12.9. The minimum Gasteiger partial charge on any atom is -0.497 e. The molecule has 1 amide bonds. The van der Waals surface area contributed by atoms with E-state index in [1.54, 1.807) is 11.8 Å². The molecule has 0 spiro atoms. The Kier molecular flexibility index (Phi) is 3.77. The molecule has 0 radical (unpaired) electrons. The predicted octanol–water partition coefficient (Wildman–Crippen LogP) is 1.91. The van der Waals surface area contributed by atoms with E-state index < -0.39 is 11.9 Å². The summed E-state index contributed by atoms with van der Waals surface area (Å²) in [5.74, 6) is -0.525. The van der Waals surface area contributed by atoms with Crippen LogP contribution < -0.4 is 10.1 Å². The first-order valence-electron chi connectivity index (χ1n) is 7.24. The Hall–Kier alpha value is -2.83. The normalized spacial score (nSPS) is 16.6. The number of carbonyl (C=O) groups is 2. The summed E-state index contributed by atoms with van der Waals surface area (Å²) in [6.07, 6.45) is -0.206. The first kappa shape index (κ1) is 15.1. The summed E-state index contributed by atoms with van der Waals surface area (Å²) < 4.78 is 6.82. The highest BCUT2D eigenvalue weighted by molar-refractivity contribution is 5.98. The number of nitrogens with one attached hydrogen (secondary N) is 1. The van der Waals surface area contributed by atoms with Crippen LogP contribution in [0, 0.1) is 12.8 Å². The lowest BCUT2D eigenvalue weighted by Gasteiger charge is -2.23. The smallest absolute Gasteiger partial charge is 0.304 e. The third-order valence-corrected chi connectivity index (χ3v) is 3.93. The molecule has 0 bridgehead atoms. The Morgan fingerprint density at radius 2 is 2.13 bits per heavy atom. The van der Waals surface area contributed by atoms with Crippen molar-refractivity contribution < 1.29 is 19.4 Å². The first-order chi connectivity index (χ1) is 11.0. The van der Waals surface area contributed by atoms with Crippen molar-refractivity contribution in [3.63, 3.8) is 0 Å². The van der Waals surface area contributed by atoms with Gasteiger partial charge in [-0.3, -0.25) is 9.59 Å². The summed E-state index contributed by atoms with van der Waals surface area (Å²) >= 11 is 0. The number of hydrogen-bond donors (Lipinski definition) is 2. The zero-order chi connectivity index (χ0) is 16.6. The molecule has 2 aromatic rings. The van der Waals surface area contributed by atoms with Gasteiger partial charge in [-0.15, -0.1) is 0 Å². The number of hydrogen-bond acceptors (Lipinski definition) is 4. The Balaban J connectivity index is 1.97. The van der Waals surface area contributed by atoms with Crippen molar-refractivity contribution in [3.8, 4) is 16.9 Å². The van der Waals surface area contributed by atoms with Gasteiger partial charge in [0, 0.05) is 5.56 Å². The topological polar surface area (TPSA) is 93.5 Å². The number of rotatable bonds is 4. The van der Waals surface area contributed by atoms with E-state index in [4.69, 9.17) is 9.84 Å². The number of aryl methyl sites for hydroxylation is 1. The van der Waals surface area contributed by atoms with Gasteiger partial charge < -0.3 is 15.2 Å². The van der Waals surface area contributed by atoms with Crippen molar-refractivity contribution in [2.45, 2.75) is 19.9 Å². The largest absolute Gasteiger partial charge is 0.497 e. The third kappa shape index (κ3) is 2.77. The molecule has 2 N–H and O–H groups in total. The number of carboxylic acid groups (broad SMARTS) is 1. The highest BCUT2D eigenvalue weighted by Crippen LogP contribution is 2.35. The maximum absolute atomic E-state index is 12.2. The van der Waals surface area contributed by atoms with Gasteiger partial charge >= 0.3 is 5.97 Å². The predicted molar refractivity (Wildman–Crippen MR) is 83.3 cm³/mol. The minimum absolute atomic E-state index is 0.206. The highest BCUT2D eigenvalue weighted by Gasteiger charge is 2.31. The van der Waals surface area contributed by atoms with Crippen molar-refractivity contribution in [1.29, 1.82) is 0 Å². The van der Waals surface area contributed by atoms with Gasteiger partial charge in [-0.25, -0.2) is 4.68 Å². The Morgan fingerprint density at radius 1 is 1.43 bits per heavy atom. The number of aromatic nitrogens is 2. The van der Waals surface area contributed by atoms with Crippen LogP contribution in [0.25, 0.3) is 11.1 Å². The van der Waals surface area contributed by atoms with Crippen molar-refractivity contribution in [2.75, 3.05) is 12.4 Å². The van der Waals surface area contributed by atoms with Gasteiger partial charge in [0.25, 0.3) is 0 Å². The lowest BCUT2D eigenvalue weighted by atomic mass is 10.0. The molecule has 120 valence electrons. The van der Waals surface area contributed by atoms with Crippen LogP contribution >= 0.6 is 0 Å². The zero-order valence-corrected chi connectivity index (χ0v) is 12.9. The van der Waals surface area contributed by atoms with Crippen molar-refractivity contribution in [2.24, 2.45) is 5.92 Å². The van der Waals surface area contributed by atoms with Gasteiger partial charge in [-0.1, -0.05) is 12.1 Å². The molecule has 1 atom stereocenters. The van der Waals surface area contributed by atoms with Crippen LogP contribution in [0.2, 0.25) is 0 Å². The van der Waals surface area contributed by atoms with E-state index in [1.807, 2.05) is 31.2 Å². The summed E-state index contributed by atoms with van der Waals surface area (Å²) in [6, 6.07) is 7.49. The summed E-state index contributed by atoms with van der Waals surface area (Å²) in [5.41, 5.74) is 2.54. The number of aliphatic carboxylic acids is 1. The Labute approximate surface area is 132 Å². The van der Waals surface area contributed by atoms with E-state index in [0.29, 0.717) is 5.82 Å². The van der Waals surface area contributed by atoms with Crippen LogP contribution in [0.5, 0.6) is 5.75 Å². The van der Waals surface area contributed by atoms with E-state index in [9.17, 15) is 9.59 Å². The molecule has 0 saturated carbocycles. The number of amides is 1. The summed E-state index contributed by atoms with van der Waals surface area (Å²) in [7, 11) is 1.60.